The second kappa shape index (κ2) is 9.84. The monoisotopic (exact) mass is 726 g/mol. The van der Waals surface area contributed by atoms with E-state index < -0.39 is 27.0 Å². The first kappa shape index (κ1) is 28.0. The van der Waals surface area contributed by atoms with Crippen LogP contribution in [0.4, 0.5) is 15.0 Å². The SMILES string of the molecule is CC(C)(C)OC(=O)N1C[C@@H]2C[C@H]1CN2c1nc(OCC2(COS(C)(=O)=O)CC2)nc2c(F)c(Br)c(I)cc12. The largest absolute Gasteiger partial charge is 0.463 e. The molecule has 5 rings (SSSR count). The molecule has 1 aromatic carbocycles. The second-order valence-electron chi connectivity index (χ2n) is 11.3. The summed E-state index contributed by atoms with van der Waals surface area (Å²) in [4.78, 5) is 25.6. The highest BCUT2D eigenvalue weighted by atomic mass is 127. The van der Waals surface area contributed by atoms with Crippen LogP contribution in [0.2, 0.25) is 0 Å². The number of carbonyl (C=O) groups excluding carboxylic acids is 1. The van der Waals surface area contributed by atoms with Gasteiger partial charge in [-0.05, 0) is 84.6 Å². The fourth-order valence-corrected chi connectivity index (χ4v) is 6.16. The third kappa shape index (κ3) is 5.82. The van der Waals surface area contributed by atoms with Gasteiger partial charge in [-0.3, -0.25) is 4.18 Å². The molecular formula is C24H29BrFIN4O6S. The van der Waals surface area contributed by atoms with Gasteiger partial charge in [0.1, 0.15) is 16.9 Å². The van der Waals surface area contributed by atoms with Crippen LogP contribution in [-0.4, -0.2) is 79.6 Å². The minimum absolute atomic E-state index is 0.0110. The number of amides is 1. The zero-order valence-corrected chi connectivity index (χ0v) is 26.0. The number of anilines is 1. The minimum atomic E-state index is -3.57. The Morgan fingerprint density at radius 3 is 2.53 bits per heavy atom. The first-order valence-corrected chi connectivity index (χ1v) is 15.9. The third-order valence-corrected chi connectivity index (χ3v) is 9.88. The average Bonchev–Trinajstić information content (AvgIpc) is 3.30. The lowest BCUT2D eigenvalue weighted by molar-refractivity contribution is 0.0214. The summed E-state index contributed by atoms with van der Waals surface area (Å²) in [5, 5.41) is 0.556. The quantitative estimate of drug-likeness (QED) is 0.232. The van der Waals surface area contributed by atoms with Crippen molar-refractivity contribution in [3.05, 3.63) is 19.9 Å². The average molecular weight is 727 g/mol. The molecule has 2 aliphatic heterocycles. The van der Waals surface area contributed by atoms with Gasteiger partial charge < -0.3 is 19.3 Å². The lowest BCUT2D eigenvalue weighted by Gasteiger charge is -2.36. The predicted octanol–water partition coefficient (Wildman–Crippen LogP) is 4.47. The first-order valence-electron chi connectivity index (χ1n) is 12.2. The lowest BCUT2D eigenvalue weighted by atomic mass is 10.1. The van der Waals surface area contributed by atoms with Crippen molar-refractivity contribution in [3.8, 4) is 6.01 Å². The van der Waals surface area contributed by atoms with E-state index in [4.69, 9.17) is 18.6 Å². The number of hydrogen-bond donors (Lipinski definition) is 0. The molecule has 1 aromatic heterocycles. The number of aromatic nitrogens is 2. The normalized spacial score (nSPS) is 22.3. The number of hydrogen-bond acceptors (Lipinski definition) is 9. The van der Waals surface area contributed by atoms with Crippen LogP contribution in [-0.2, 0) is 19.0 Å². The summed E-state index contributed by atoms with van der Waals surface area (Å²) in [6.45, 7) is 6.69. The van der Waals surface area contributed by atoms with Gasteiger partial charge in [0.25, 0.3) is 10.1 Å². The summed E-state index contributed by atoms with van der Waals surface area (Å²) in [6, 6.07) is 1.78. The molecule has 2 atom stereocenters. The third-order valence-electron chi connectivity index (χ3n) is 6.97. The van der Waals surface area contributed by atoms with Gasteiger partial charge >= 0.3 is 12.1 Å². The zero-order chi connectivity index (χ0) is 27.6. The van der Waals surface area contributed by atoms with Gasteiger partial charge in [-0.1, -0.05) is 0 Å². The number of likely N-dealkylation sites (tertiary alicyclic amines) is 1. The van der Waals surface area contributed by atoms with Crippen LogP contribution >= 0.6 is 38.5 Å². The molecule has 208 valence electrons. The van der Waals surface area contributed by atoms with Gasteiger partial charge in [0.15, 0.2) is 5.82 Å². The molecule has 10 nitrogen and oxygen atoms in total. The van der Waals surface area contributed by atoms with Gasteiger partial charge in [-0.15, -0.1) is 0 Å². The molecule has 2 aromatic rings. The van der Waals surface area contributed by atoms with E-state index in [1.165, 1.54) is 0 Å². The summed E-state index contributed by atoms with van der Waals surface area (Å²) in [7, 11) is -3.57. The fourth-order valence-electron chi connectivity index (χ4n) is 4.85. The molecule has 1 aliphatic carbocycles. The minimum Gasteiger partial charge on any atom is -0.463 e. The van der Waals surface area contributed by atoms with Crippen LogP contribution in [0.15, 0.2) is 10.5 Å². The van der Waals surface area contributed by atoms with Gasteiger partial charge in [-0.25, -0.2) is 9.18 Å². The molecule has 0 unspecified atom stereocenters. The zero-order valence-electron chi connectivity index (χ0n) is 21.5. The highest BCUT2D eigenvalue weighted by Gasteiger charge is 2.48. The van der Waals surface area contributed by atoms with E-state index in [1.54, 1.807) is 4.90 Å². The molecule has 38 heavy (non-hydrogen) atoms. The molecule has 0 spiro atoms. The van der Waals surface area contributed by atoms with E-state index in [0.29, 0.717) is 32.3 Å². The maximum absolute atomic E-state index is 15.4. The highest BCUT2D eigenvalue weighted by Crippen LogP contribution is 2.47. The number of rotatable bonds is 7. The van der Waals surface area contributed by atoms with Gasteiger partial charge in [0, 0.05) is 27.5 Å². The Kier molecular flexibility index (Phi) is 7.26. The Bertz CT molecular complexity index is 1400. The summed E-state index contributed by atoms with van der Waals surface area (Å²) < 4.78 is 55.8. The molecule has 2 bridgehead atoms. The van der Waals surface area contributed by atoms with E-state index >= 15 is 4.39 Å². The number of nitrogens with zero attached hydrogens (tertiary/aromatic N) is 4. The van der Waals surface area contributed by atoms with E-state index in [0.717, 1.165) is 25.5 Å². The molecule has 3 heterocycles. The van der Waals surface area contributed by atoms with Crippen molar-refractivity contribution in [1.29, 1.82) is 0 Å². The fraction of sp³-hybridized carbons (Fsp3) is 0.625. The Morgan fingerprint density at radius 1 is 1.24 bits per heavy atom. The van der Waals surface area contributed by atoms with Gasteiger partial charge in [0.2, 0.25) is 0 Å². The molecule has 0 radical (unpaired) electrons. The van der Waals surface area contributed by atoms with Crippen molar-refractivity contribution in [1.82, 2.24) is 14.9 Å². The Labute approximate surface area is 243 Å². The van der Waals surface area contributed by atoms with Crippen LogP contribution in [0.3, 0.4) is 0 Å². The molecular weight excluding hydrogens is 698 g/mol. The molecule has 1 amide bonds. The molecule has 1 saturated carbocycles. The Balaban J connectivity index is 1.42. The standard InChI is InChI=1S/C24H29BrFIN4O6S/c1-23(2,3)37-22(32)31-10-13-7-14(31)9-30(13)20-15-8-16(27)17(25)18(26)19(15)28-21(29-20)35-11-24(5-6-24)12-36-38(4,33)34/h8,13-14H,5-7,9-12H2,1-4H3/t13-,14-/m0/s1. The summed E-state index contributed by atoms with van der Waals surface area (Å²) >= 11 is 5.36. The smallest absolute Gasteiger partial charge is 0.410 e. The van der Waals surface area contributed by atoms with Crippen molar-refractivity contribution >= 4 is 71.5 Å². The van der Waals surface area contributed by atoms with E-state index in [2.05, 4.69) is 48.4 Å². The summed E-state index contributed by atoms with van der Waals surface area (Å²) in [5.74, 6) is 0.0320. The maximum Gasteiger partial charge on any atom is 0.410 e. The van der Waals surface area contributed by atoms with Crippen LogP contribution in [0.5, 0.6) is 6.01 Å². The number of benzene rings is 1. The van der Waals surface area contributed by atoms with Crippen molar-refractivity contribution in [2.24, 2.45) is 5.41 Å². The van der Waals surface area contributed by atoms with Crippen LogP contribution < -0.4 is 9.64 Å². The lowest BCUT2D eigenvalue weighted by Crippen LogP contribution is -2.50. The van der Waals surface area contributed by atoms with Crippen molar-refractivity contribution in [2.45, 2.75) is 57.7 Å². The number of ether oxygens (including phenoxy) is 2. The molecule has 3 aliphatic rings. The van der Waals surface area contributed by atoms with Crippen LogP contribution in [0.1, 0.15) is 40.0 Å². The van der Waals surface area contributed by atoms with E-state index in [9.17, 15) is 13.2 Å². The summed E-state index contributed by atoms with van der Waals surface area (Å²) in [6.07, 6.45) is 2.92. The van der Waals surface area contributed by atoms with Gasteiger partial charge in [-0.2, -0.15) is 18.4 Å². The Hall–Kier alpha value is -1.52. The number of carbonyl (C=O) groups is 1. The second-order valence-corrected chi connectivity index (χ2v) is 14.9. The maximum atomic E-state index is 15.4. The number of fused-ring (bicyclic) bond motifs is 3. The number of piperazine rings is 1. The molecule has 0 N–H and O–H groups in total. The van der Waals surface area contributed by atoms with Crippen LogP contribution in [0, 0.1) is 14.8 Å². The number of halogens is 3. The van der Waals surface area contributed by atoms with Gasteiger partial charge in [0.05, 0.1) is 36.0 Å². The van der Waals surface area contributed by atoms with Crippen molar-refractivity contribution in [3.63, 3.8) is 0 Å². The predicted molar refractivity (Wildman–Crippen MR) is 150 cm³/mol. The molecule has 3 fully saturated rings. The molecule has 14 heteroatoms. The summed E-state index contributed by atoms with van der Waals surface area (Å²) in [5.41, 5.74) is -0.894. The van der Waals surface area contributed by atoms with E-state index in [-0.39, 0.29) is 42.9 Å². The Morgan fingerprint density at radius 2 is 1.95 bits per heavy atom. The first-order chi connectivity index (χ1) is 17.6. The van der Waals surface area contributed by atoms with Crippen molar-refractivity contribution in [2.75, 3.05) is 37.5 Å². The molecule has 2 saturated heterocycles. The van der Waals surface area contributed by atoms with E-state index in [1.807, 2.05) is 26.8 Å². The van der Waals surface area contributed by atoms with Crippen LogP contribution in [0.25, 0.3) is 10.9 Å². The topological polar surface area (TPSA) is 111 Å². The highest BCUT2D eigenvalue weighted by molar-refractivity contribution is 14.1. The van der Waals surface area contributed by atoms with Crippen molar-refractivity contribution < 1.29 is 31.3 Å².